The van der Waals surface area contributed by atoms with E-state index in [1.165, 1.54) is 13.3 Å². The summed E-state index contributed by atoms with van der Waals surface area (Å²) >= 11 is 10.1. The molecule has 0 N–H and O–H groups in total. The molecule has 2 amide bonds. The van der Waals surface area contributed by atoms with Crippen molar-refractivity contribution in [2.45, 2.75) is 20.0 Å². The number of ether oxygens (including phenoxy) is 2. The highest BCUT2D eigenvalue weighted by Gasteiger charge is 2.59. The molecule has 33 heavy (non-hydrogen) atoms. The van der Waals surface area contributed by atoms with Crippen LogP contribution in [0.4, 0.5) is 0 Å². The first-order chi connectivity index (χ1) is 15.9. The molecular weight excluding hydrogens is 508 g/mol. The molecule has 4 atom stereocenters. The van der Waals surface area contributed by atoms with Crippen molar-refractivity contribution in [1.29, 1.82) is 0 Å². The smallest absolute Gasteiger partial charge is 0.254 e. The van der Waals surface area contributed by atoms with Crippen LogP contribution in [-0.4, -0.2) is 30.1 Å². The number of rotatable bonds is 6. The summed E-state index contributed by atoms with van der Waals surface area (Å²) in [5, 5.41) is 5.57. The van der Waals surface area contributed by atoms with E-state index >= 15 is 0 Å². The van der Waals surface area contributed by atoms with Gasteiger partial charge >= 0.3 is 0 Å². The zero-order valence-electron chi connectivity index (χ0n) is 18.1. The van der Waals surface area contributed by atoms with Gasteiger partial charge in [0, 0.05) is 10.0 Å². The lowest BCUT2D eigenvalue weighted by Crippen LogP contribution is -2.28. The molecule has 1 aliphatic heterocycles. The largest absolute Gasteiger partial charge is 0.493 e. The first kappa shape index (κ1) is 22.2. The molecule has 0 radical (unpaired) electrons. The van der Waals surface area contributed by atoms with Crippen LogP contribution in [0.3, 0.4) is 0 Å². The third-order valence-electron chi connectivity index (χ3n) is 6.60. The van der Waals surface area contributed by atoms with Gasteiger partial charge in [0.05, 0.1) is 25.2 Å². The Balaban J connectivity index is 1.38. The van der Waals surface area contributed by atoms with Crippen molar-refractivity contribution < 1.29 is 19.1 Å². The highest BCUT2D eigenvalue weighted by Crippen LogP contribution is 2.52. The fourth-order valence-corrected chi connectivity index (χ4v) is 5.72. The Kier molecular flexibility index (Phi) is 5.79. The van der Waals surface area contributed by atoms with E-state index < -0.39 is 0 Å². The molecule has 3 aliphatic rings. The number of hydrazone groups is 1. The molecule has 1 saturated carbocycles. The number of allylic oxidation sites excluding steroid dienone is 2. The van der Waals surface area contributed by atoms with E-state index in [1.54, 1.807) is 6.07 Å². The first-order valence-corrected chi connectivity index (χ1v) is 11.9. The van der Waals surface area contributed by atoms with Crippen LogP contribution in [0.2, 0.25) is 5.02 Å². The molecular formula is C25H22BrClN2O4. The minimum absolute atomic E-state index is 0.141. The molecule has 0 unspecified atom stereocenters. The molecule has 1 heterocycles. The standard InChI is InChI=1S/C25H22BrClN2O4/c1-13-4-3-5-14(8-13)12-33-23-18(32-2)10-17(21(26)22(23)27)11-28-29-24(30)19-15-6-7-16(9-15)20(19)25(29)31/h3-8,10-11,15-16,19-20H,9,12H2,1-2H3/t15-,16-,19-,20+/m0/s1. The van der Waals surface area contributed by atoms with Crippen LogP contribution >= 0.6 is 27.5 Å². The molecule has 2 aliphatic carbocycles. The molecule has 2 aromatic carbocycles. The summed E-state index contributed by atoms with van der Waals surface area (Å²) in [6.45, 7) is 2.35. The van der Waals surface area contributed by atoms with Gasteiger partial charge in [-0.15, -0.1) is 0 Å². The number of carbonyl (C=O) groups excluding carboxylic acids is 2. The summed E-state index contributed by atoms with van der Waals surface area (Å²) in [5.41, 5.74) is 2.72. The lowest BCUT2D eigenvalue weighted by molar-refractivity contribution is -0.140. The number of methoxy groups -OCH3 is 1. The lowest BCUT2D eigenvalue weighted by atomic mass is 9.85. The van der Waals surface area contributed by atoms with Crippen molar-refractivity contribution >= 4 is 45.6 Å². The van der Waals surface area contributed by atoms with Gasteiger partial charge in [-0.3, -0.25) is 9.59 Å². The number of hydrogen-bond acceptors (Lipinski definition) is 5. The highest BCUT2D eigenvalue weighted by molar-refractivity contribution is 9.10. The van der Waals surface area contributed by atoms with Crippen LogP contribution in [0.5, 0.6) is 11.5 Å². The molecule has 6 nitrogen and oxygen atoms in total. The minimum atomic E-state index is -0.288. The molecule has 2 aromatic rings. The Labute approximate surface area is 205 Å². The van der Waals surface area contributed by atoms with Gasteiger partial charge in [-0.1, -0.05) is 53.6 Å². The number of benzene rings is 2. The van der Waals surface area contributed by atoms with Crippen molar-refractivity contribution in [2.75, 3.05) is 7.11 Å². The van der Waals surface area contributed by atoms with E-state index in [2.05, 4.69) is 33.2 Å². The monoisotopic (exact) mass is 528 g/mol. The number of amides is 2. The van der Waals surface area contributed by atoms with Gasteiger partial charge in [0.25, 0.3) is 11.8 Å². The zero-order chi connectivity index (χ0) is 23.3. The summed E-state index contributed by atoms with van der Waals surface area (Å²) < 4.78 is 12.0. The number of halogens is 2. The van der Waals surface area contributed by atoms with Gasteiger partial charge in [0.1, 0.15) is 11.6 Å². The number of fused-ring (bicyclic) bond motifs is 5. The summed E-state index contributed by atoms with van der Waals surface area (Å²) in [6.07, 6.45) is 6.45. The van der Waals surface area contributed by atoms with Crippen molar-refractivity contribution in [3.05, 3.63) is 68.7 Å². The Hall–Kier alpha value is -2.64. The van der Waals surface area contributed by atoms with E-state index in [0.29, 0.717) is 33.2 Å². The Bertz CT molecular complexity index is 1180. The number of hydrogen-bond donors (Lipinski definition) is 0. The van der Waals surface area contributed by atoms with Crippen LogP contribution in [0.15, 0.2) is 52.1 Å². The van der Waals surface area contributed by atoms with Gasteiger partial charge in [0.2, 0.25) is 0 Å². The predicted molar refractivity (Wildman–Crippen MR) is 128 cm³/mol. The van der Waals surface area contributed by atoms with E-state index in [1.807, 2.05) is 31.2 Å². The summed E-state index contributed by atoms with van der Waals surface area (Å²) in [7, 11) is 1.53. The Morgan fingerprint density at radius 1 is 1.18 bits per heavy atom. The maximum absolute atomic E-state index is 12.9. The third-order valence-corrected chi connectivity index (χ3v) is 8.04. The zero-order valence-corrected chi connectivity index (χ0v) is 20.5. The molecule has 2 bridgehead atoms. The SMILES string of the molecule is COc1cc(C=NN2C(=O)[C@@H]3[C@H](C2=O)[C@H]2C=C[C@H]3C2)c(Br)c(Cl)c1OCc1cccc(C)c1. The quantitative estimate of drug-likeness (QED) is 0.295. The van der Waals surface area contributed by atoms with Gasteiger partial charge in [0.15, 0.2) is 11.5 Å². The summed E-state index contributed by atoms with van der Waals surface area (Å²) in [4.78, 5) is 25.7. The summed E-state index contributed by atoms with van der Waals surface area (Å²) in [6, 6.07) is 9.72. The number of nitrogens with zero attached hydrogens (tertiary/aromatic N) is 2. The van der Waals surface area contributed by atoms with Crippen molar-refractivity contribution in [2.24, 2.45) is 28.8 Å². The molecule has 8 heteroatoms. The maximum Gasteiger partial charge on any atom is 0.254 e. The fourth-order valence-electron chi connectivity index (χ4n) is 5.06. The maximum atomic E-state index is 12.9. The Morgan fingerprint density at radius 2 is 1.88 bits per heavy atom. The predicted octanol–water partition coefficient (Wildman–Crippen LogP) is 5.14. The van der Waals surface area contributed by atoms with E-state index in [4.69, 9.17) is 21.1 Å². The van der Waals surface area contributed by atoms with Crippen LogP contribution in [-0.2, 0) is 16.2 Å². The first-order valence-electron chi connectivity index (χ1n) is 10.7. The average Bonchev–Trinajstić information content (AvgIpc) is 3.48. The van der Waals surface area contributed by atoms with Crippen molar-refractivity contribution in [1.82, 2.24) is 5.01 Å². The molecule has 170 valence electrons. The molecule has 5 rings (SSSR count). The van der Waals surface area contributed by atoms with Crippen molar-refractivity contribution in [3.8, 4) is 11.5 Å². The number of imide groups is 1. The molecule has 1 saturated heterocycles. The van der Waals surface area contributed by atoms with Gasteiger partial charge in [-0.05, 0) is 52.7 Å². The third kappa shape index (κ3) is 3.77. The van der Waals surface area contributed by atoms with E-state index in [0.717, 1.165) is 22.6 Å². The fraction of sp³-hybridized carbons (Fsp3) is 0.320. The second-order valence-electron chi connectivity index (χ2n) is 8.64. The van der Waals surface area contributed by atoms with Crippen LogP contribution in [0.25, 0.3) is 0 Å². The van der Waals surface area contributed by atoms with E-state index in [-0.39, 0.29) is 35.5 Å². The Morgan fingerprint density at radius 3 is 2.52 bits per heavy atom. The number of aryl methyl sites for hydroxylation is 1. The molecule has 0 aromatic heterocycles. The average molecular weight is 530 g/mol. The van der Waals surface area contributed by atoms with Crippen molar-refractivity contribution in [3.63, 3.8) is 0 Å². The second kappa shape index (κ2) is 8.61. The number of carbonyl (C=O) groups is 2. The van der Waals surface area contributed by atoms with E-state index in [9.17, 15) is 9.59 Å². The molecule has 2 fully saturated rings. The van der Waals surface area contributed by atoms with Crippen LogP contribution in [0.1, 0.15) is 23.1 Å². The van der Waals surface area contributed by atoms with Gasteiger partial charge < -0.3 is 9.47 Å². The second-order valence-corrected chi connectivity index (χ2v) is 9.81. The lowest BCUT2D eigenvalue weighted by Gasteiger charge is -2.16. The minimum Gasteiger partial charge on any atom is -0.493 e. The highest BCUT2D eigenvalue weighted by atomic mass is 79.9. The van der Waals surface area contributed by atoms with Gasteiger partial charge in [-0.25, -0.2) is 0 Å². The normalized spacial score (nSPS) is 25.4. The van der Waals surface area contributed by atoms with Crippen LogP contribution in [0, 0.1) is 30.6 Å². The summed E-state index contributed by atoms with van der Waals surface area (Å²) in [5.74, 6) is 0.0687. The topological polar surface area (TPSA) is 68.2 Å². The van der Waals surface area contributed by atoms with Crippen LogP contribution < -0.4 is 9.47 Å². The molecule has 0 spiro atoms. The van der Waals surface area contributed by atoms with Gasteiger partial charge in [-0.2, -0.15) is 10.1 Å².